The van der Waals surface area contributed by atoms with Crippen LogP contribution in [0.2, 0.25) is 0 Å². The zero-order valence-corrected chi connectivity index (χ0v) is 17.6. The highest BCUT2D eigenvalue weighted by Gasteiger charge is 2.18. The van der Waals surface area contributed by atoms with Crippen LogP contribution in [0.4, 0.5) is 0 Å². The van der Waals surface area contributed by atoms with Crippen LogP contribution >= 0.6 is 11.3 Å². The predicted molar refractivity (Wildman–Crippen MR) is 108 cm³/mol. The molecule has 0 amide bonds. The highest BCUT2D eigenvalue weighted by molar-refractivity contribution is 7.18. The second-order valence-corrected chi connectivity index (χ2v) is 7.00. The van der Waals surface area contributed by atoms with Gasteiger partial charge in [0.25, 0.3) is 5.01 Å². The monoisotopic (exact) mass is 469 g/mol. The van der Waals surface area contributed by atoms with E-state index in [1.165, 1.54) is 31.9 Å². The van der Waals surface area contributed by atoms with E-state index in [0.29, 0.717) is 0 Å². The topological polar surface area (TPSA) is 3.88 Å². The third-order valence-electron chi connectivity index (χ3n) is 4.39. The van der Waals surface area contributed by atoms with Gasteiger partial charge < -0.3 is 24.0 Å². The SMILES string of the molecule is CC[n+]1c(C=C(c2ccccc2)c2ccccc2)sc2ccccc21.[I-]. The van der Waals surface area contributed by atoms with Crippen LogP contribution in [0.25, 0.3) is 21.9 Å². The Balaban J connectivity index is 0.00000196. The van der Waals surface area contributed by atoms with Crippen molar-refractivity contribution in [1.29, 1.82) is 0 Å². The molecule has 0 atom stereocenters. The molecule has 1 aromatic heterocycles. The lowest BCUT2D eigenvalue weighted by molar-refractivity contribution is -0.665. The Morgan fingerprint density at radius 2 is 1.35 bits per heavy atom. The lowest BCUT2D eigenvalue weighted by Gasteiger charge is -2.07. The summed E-state index contributed by atoms with van der Waals surface area (Å²) in [5.74, 6) is 0. The molecule has 0 N–H and O–H groups in total. The van der Waals surface area contributed by atoms with E-state index in [-0.39, 0.29) is 24.0 Å². The highest BCUT2D eigenvalue weighted by Crippen LogP contribution is 2.28. The van der Waals surface area contributed by atoms with Crippen molar-refractivity contribution in [3.8, 4) is 0 Å². The Labute approximate surface area is 175 Å². The van der Waals surface area contributed by atoms with E-state index in [1.807, 2.05) is 11.3 Å². The normalized spacial score (nSPS) is 10.3. The second-order valence-electron chi connectivity index (χ2n) is 5.94. The van der Waals surface area contributed by atoms with Crippen molar-refractivity contribution < 1.29 is 28.5 Å². The van der Waals surface area contributed by atoms with Crippen molar-refractivity contribution in [2.24, 2.45) is 0 Å². The summed E-state index contributed by atoms with van der Waals surface area (Å²) in [7, 11) is 0. The van der Waals surface area contributed by atoms with Crippen molar-refractivity contribution >= 4 is 33.2 Å². The van der Waals surface area contributed by atoms with Gasteiger partial charge in [-0.15, -0.1) is 0 Å². The number of benzene rings is 3. The minimum Gasteiger partial charge on any atom is -1.00 e. The van der Waals surface area contributed by atoms with Gasteiger partial charge in [-0.3, -0.25) is 0 Å². The minimum atomic E-state index is 0. The number of aromatic nitrogens is 1. The largest absolute Gasteiger partial charge is 1.00 e. The maximum atomic E-state index is 2.39. The van der Waals surface area contributed by atoms with E-state index < -0.39 is 0 Å². The molecule has 4 rings (SSSR count). The van der Waals surface area contributed by atoms with Crippen LogP contribution in [-0.4, -0.2) is 0 Å². The average Bonchev–Trinajstić information content (AvgIpc) is 3.04. The van der Waals surface area contributed by atoms with E-state index in [4.69, 9.17) is 0 Å². The van der Waals surface area contributed by atoms with Gasteiger partial charge in [0.2, 0.25) is 5.52 Å². The average molecular weight is 469 g/mol. The van der Waals surface area contributed by atoms with Crippen LogP contribution in [0.3, 0.4) is 0 Å². The van der Waals surface area contributed by atoms with Crippen LogP contribution in [0.5, 0.6) is 0 Å². The van der Waals surface area contributed by atoms with Gasteiger partial charge in [0.05, 0.1) is 0 Å². The van der Waals surface area contributed by atoms with Crippen LogP contribution in [0.15, 0.2) is 84.9 Å². The first kappa shape index (κ1) is 18.8. The lowest BCUT2D eigenvalue weighted by Crippen LogP contribution is -3.00. The quantitative estimate of drug-likeness (QED) is 0.320. The molecule has 0 saturated carbocycles. The predicted octanol–water partition coefficient (Wildman–Crippen LogP) is 2.80. The smallest absolute Gasteiger partial charge is 0.263 e. The van der Waals surface area contributed by atoms with Gasteiger partial charge >= 0.3 is 0 Å². The van der Waals surface area contributed by atoms with Crippen molar-refractivity contribution in [3.63, 3.8) is 0 Å². The Hall–Kier alpha value is -1.98. The Kier molecular flexibility index (Phi) is 6.22. The number of para-hydroxylation sites is 1. The first-order valence-electron chi connectivity index (χ1n) is 8.60. The molecular weight excluding hydrogens is 449 g/mol. The third kappa shape index (κ3) is 3.74. The summed E-state index contributed by atoms with van der Waals surface area (Å²) in [6.07, 6.45) is 2.33. The number of fused-ring (bicyclic) bond motifs is 1. The zero-order valence-electron chi connectivity index (χ0n) is 14.6. The van der Waals surface area contributed by atoms with Gasteiger partial charge in [0, 0.05) is 12.1 Å². The van der Waals surface area contributed by atoms with Crippen LogP contribution < -0.4 is 28.5 Å². The summed E-state index contributed by atoms with van der Waals surface area (Å²) >= 11 is 1.85. The van der Waals surface area contributed by atoms with Crippen molar-refractivity contribution in [3.05, 3.63) is 101 Å². The maximum absolute atomic E-state index is 2.39. The molecule has 26 heavy (non-hydrogen) atoms. The molecule has 3 heteroatoms. The maximum Gasteiger partial charge on any atom is 0.263 e. The molecule has 0 unspecified atom stereocenters. The first-order chi connectivity index (χ1) is 12.4. The highest BCUT2D eigenvalue weighted by atomic mass is 127. The molecule has 0 radical (unpaired) electrons. The molecule has 0 aliphatic heterocycles. The van der Waals surface area contributed by atoms with Gasteiger partial charge in [-0.1, -0.05) is 84.1 Å². The molecule has 4 aromatic rings. The van der Waals surface area contributed by atoms with E-state index in [1.54, 1.807) is 0 Å². The van der Waals surface area contributed by atoms with Gasteiger partial charge in [0.1, 0.15) is 11.2 Å². The Morgan fingerprint density at radius 1 is 0.808 bits per heavy atom. The van der Waals surface area contributed by atoms with Gasteiger partial charge in [-0.2, -0.15) is 4.57 Å². The molecule has 0 saturated heterocycles. The number of rotatable bonds is 4. The lowest BCUT2D eigenvalue weighted by atomic mass is 9.98. The summed E-state index contributed by atoms with van der Waals surface area (Å²) in [5.41, 5.74) is 5.05. The van der Waals surface area contributed by atoms with E-state index >= 15 is 0 Å². The summed E-state index contributed by atoms with van der Waals surface area (Å²) in [6.45, 7) is 3.17. The molecule has 0 bridgehead atoms. The number of hydrogen-bond donors (Lipinski definition) is 0. The van der Waals surface area contributed by atoms with Gasteiger partial charge in [-0.05, 0) is 29.7 Å². The first-order valence-corrected chi connectivity index (χ1v) is 9.42. The number of nitrogens with zero attached hydrogens (tertiary/aromatic N) is 1. The fourth-order valence-electron chi connectivity index (χ4n) is 3.18. The zero-order chi connectivity index (χ0) is 17.1. The number of thiazole rings is 1. The molecule has 0 aliphatic rings. The molecule has 0 spiro atoms. The van der Waals surface area contributed by atoms with E-state index in [9.17, 15) is 0 Å². The van der Waals surface area contributed by atoms with Crippen molar-refractivity contribution in [1.82, 2.24) is 0 Å². The molecule has 0 fully saturated rings. The minimum absolute atomic E-state index is 0. The van der Waals surface area contributed by atoms with Crippen LogP contribution in [-0.2, 0) is 6.54 Å². The molecule has 0 aliphatic carbocycles. The molecule has 1 nitrogen and oxygen atoms in total. The van der Waals surface area contributed by atoms with Gasteiger partial charge in [0.15, 0.2) is 0 Å². The summed E-state index contributed by atoms with van der Waals surface area (Å²) in [4.78, 5) is 0. The Morgan fingerprint density at radius 3 is 1.92 bits per heavy atom. The van der Waals surface area contributed by atoms with Crippen molar-refractivity contribution in [2.75, 3.05) is 0 Å². The number of hydrogen-bond acceptors (Lipinski definition) is 1. The standard InChI is InChI=1S/C23H20NS.HI/c1-2-24-21-15-9-10-16-22(21)25-23(24)17-20(18-11-5-3-6-12-18)19-13-7-4-8-14-19;/h3-17H,2H2,1H3;1H/q+1;/p-1. The van der Waals surface area contributed by atoms with E-state index in [2.05, 4.69) is 102 Å². The fraction of sp³-hybridized carbons (Fsp3) is 0.0870. The number of halogens is 1. The molecule has 130 valence electrons. The fourth-order valence-corrected chi connectivity index (χ4v) is 4.35. The molecule has 3 aromatic carbocycles. The summed E-state index contributed by atoms with van der Waals surface area (Å²) in [6, 6.07) is 29.9. The van der Waals surface area contributed by atoms with Crippen LogP contribution in [0, 0.1) is 0 Å². The van der Waals surface area contributed by atoms with E-state index in [0.717, 1.165) is 6.54 Å². The summed E-state index contributed by atoms with van der Waals surface area (Å²) in [5, 5.41) is 1.28. The van der Waals surface area contributed by atoms with Gasteiger partial charge in [-0.25, -0.2) is 0 Å². The number of aryl methyl sites for hydroxylation is 1. The third-order valence-corrected chi connectivity index (χ3v) is 5.50. The molecular formula is C23H20INS. The van der Waals surface area contributed by atoms with Crippen molar-refractivity contribution in [2.45, 2.75) is 13.5 Å². The van der Waals surface area contributed by atoms with Crippen LogP contribution in [0.1, 0.15) is 23.1 Å². The second kappa shape index (κ2) is 8.60. The summed E-state index contributed by atoms with van der Waals surface area (Å²) < 4.78 is 3.72. The Bertz CT molecular complexity index is 978. The molecule has 1 heterocycles.